The van der Waals surface area contributed by atoms with E-state index in [1.165, 1.54) is 0 Å². The zero-order valence-corrected chi connectivity index (χ0v) is 12.4. The van der Waals surface area contributed by atoms with Gasteiger partial charge < -0.3 is 5.32 Å². The van der Waals surface area contributed by atoms with E-state index < -0.39 is 0 Å². The number of nitrogens with zero attached hydrogens (tertiary/aromatic N) is 2. The van der Waals surface area contributed by atoms with Gasteiger partial charge >= 0.3 is 0 Å². The molecule has 0 saturated heterocycles. The van der Waals surface area contributed by atoms with Crippen molar-refractivity contribution in [2.24, 2.45) is 0 Å². The number of carbonyl (C=O) groups excluding carboxylic acids is 1. The van der Waals surface area contributed by atoms with E-state index in [0.29, 0.717) is 5.56 Å². The van der Waals surface area contributed by atoms with Crippen LogP contribution in [0.5, 0.6) is 0 Å². The molecule has 2 heterocycles. The van der Waals surface area contributed by atoms with E-state index >= 15 is 0 Å². The maximum absolute atomic E-state index is 11.7. The molecule has 100 valence electrons. The van der Waals surface area contributed by atoms with Gasteiger partial charge in [0.15, 0.2) is 0 Å². The van der Waals surface area contributed by atoms with Crippen LogP contribution >= 0.6 is 15.9 Å². The van der Waals surface area contributed by atoms with Crippen LogP contribution in [0.15, 0.2) is 53.4 Å². The lowest BCUT2D eigenvalue weighted by atomic mass is 10.0. The number of amides is 1. The number of hydrogen-bond acceptors (Lipinski definition) is 2. The third-order valence-electron chi connectivity index (χ3n) is 3.15. The number of benzene rings is 1. The maximum Gasteiger partial charge on any atom is 0.251 e. The Labute approximate surface area is 124 Å². The second-order valence-electron chi connectivity index (χ2n) is 4.38. The molecule has 0 atom stereocenters. The lowest BCUT2D eigenvalue weighted by Gasteiger charge is -2.05. The minimum Gasteiger partial charge on any atom is -0.355 e. The minimum absolute atomic E-state index is 0.0866. The zero-order valence-electron chi connectivity index (χ0n) is 10.8. The molecule has 0 aliphatic rings. The molecule has 0 unspecified atom stereocenters. The van der Waals surface area contributed by atoms with Crippen LogP contribution in [0.1, 0.15) is 10.4 Å². The predicted molar refractivity (Wildman–Crippen MR) is 81.7 cm³/mol. The van der Waals surface area contributed by atoms with Crippen molar-refractivity contribution in [1.29, 1.82) is 0 Å². The van der Waals surface area contributed by atoms with Gasteiger partial charge in [-0.1, -0.05) is 12.1 Å². The molecule has 0 aliphatic heterocycles. The summed E-state index contributed by atoms with van der Waals surface area (Å²) in [6.45, 7) is 0. The average Bonchev–Trinajstić information content (AvgIpc) is 2.87. The molecule has 4 nitrogen and oxygen atoms in total. The van der Waals surface area contributed by atoms with Gasteiger partial charge in [-0.25, -0.2) is 4.98 Å². The first-order valence-electron chi connectivity index (χ1n) is 6.14. The quantitative estimate of drug-likeness (QED) is 0.785. The summed E-state index contributed by atoms with van der Waals surface area (Å²) in [6, 6.07) is 11.5. The predicted octanol–water partition coefficient (Wildman–Crippen LogP) is 3.12. The molecule has 1 amide bonds. The number of carbonyl (C=O) groups is 1. The van der Waals surface area contributed by atoms with Crippen molar-refractivity contribution in [2.75, 3.05) is 7.05 Å². The van der Waals surface area contributed by atoms with Crippen LogP contribution in [0.2, 0.25) is 0 Å². The van der Waals surface area contributed by atoms with Gasteiger partial charge in [-0.15, -0.1) is 0 Å². The number of pyridine rings is 1. The van der Waals surface area contributed by atoms with Crippen molar-refractivity contribution in [3.05, 3.63) is 59.0 Å². The normalized spacial score (nSPS) is 10.7. The first-order valence-corrected chi connectivity index (χ1v) is 6.93. The highest BCUT2D eigenvalue weighted by Gasteiger charge is 2.07. The molecule has 1 N–H and O–H groups in total. The van der Waals surface area contributed by atoms with E-state index in [1.807, 2.05) is 40.9 Å². The van der Waals surface area contributed by atoms with Gasteiger partial charge in [-0.3, -0.25) is 9.20 Å². The number of nitrogens with one attached hydrogen (secondary N) is 1. The van der Waals surface area contributed by atoms with Crippen LogP contribution in [0.25, 0.3) is 16.8 Å². The smallest absolute Gasteiger partial charge is 0.251 e. The molecule has 0 radical (unpaired) electrons. The summed E-state index contributed by atoms with van der Waals surface area (Å²) < 4.78 is 2.87. The Bertz CT molecular complexity index is 795. The van der Waals surface area contributed by atoms with Crippen molar-refractivity contribution in [3.63, 3.8) is 0 Å². The summed E-state index contributed by atoms with van der Waals surface area (Å²) in [6.07, 6.45) is 3.72. The van der Waals surface area contributed by atoms with E-state index in [1.54, 1.807) is 19.3 Å². The van der Waals surface area contributed by atoms with Crippen LogP contribution < -0.4 is 5.32 Å². The Kier molecular flexibility index (Phi) is 3.28. The molecule has 2 aromatic heterocycles. The van der Waals surface area contributed by atoms with Crippen molar-refractivity contribution < 1.29 is 4.79 Å². The molecule has 5 heteroatoms. The van der Waals surface area contributed by atoms with Crippen LogP contribution in [0, 0.1) is 0 Å². The Balaban J connectivity index is 2.08. The minimum atomic E-state index is -0.0866. The lowest BCUT2D eigenvalue weighted by molar-refractivity contribution is 0.0963. The number of imidazole rings is 1. The van der Waals surface area contributed by atoms with E-state index in [-0.39, 0.29) is 5.91 Å². The molecule has 0 spiro atoms. The number of rotatable bonds is 2. The first-order chi connectivity index (χ1) is 9.69. The molecule has 0 bridgehead atoms. The molecule has 0 fully saturated rings. The van der Waals surface area contributed by atoms with Gasteiger partial charge in [0.25, 0.3) is 5.91 Å². The number of fused-ring (bicyclic) bond motifs is 1. The molecule has 3 aromatic rings. The second-order valence-corrected chi connectivity index (χ2v) is 5.20. The molecule has 3 rings (SSSR count). The average molecular weight is 330 g/mol. The molecule has 20 heavy (non-hydrogen) atoms. The van der Waals surface area contributed by atoms with Crippen molar-refractivity contribution >= 4 is 27.5 Å². The van der Waals surface area contributed by atoms with Gasteiger partial charge in [-0.2, -0.15) is 0 Å². The zero-order chi connectivity index (χ0) is 14.1. The van der Waals surface area contributed by atoms with Crippen LogP contribution in [-0.2, 0) is 0 Å². The Hall–Kier alpha value is -2.14. The summed E-state index contributed by atoms with van der Waals surface area (Å²) in [7, 11) is 1.63. The highest BCUT2D eigenvalue weighted by atomic mass is 79.9. The third kappa shape index (κ3) is 2.20. The first kappa shape index (κ1) is 12.9. The standard InChI is InChI=1S/C15H12BrN3O/c1-17-15(20)12-4-2-3-10(7-12)11-5-6-19-13(16)9-18-14(19)8-11/h2-9H,1H3,(H,17,20). The van der Waals surface area contributed by atoms with E-state index in [2.05, 4.69) is 26.2 Å². The van der Waals surface area contributed by atoms with Gasteiger partial charge in [0.1, 0.15) is 10.3 Å². The Morgan fingerprint density at radius 1 is 1.25 bits per heavy atom. The summed E-state index contributed by atoms with van der Waals surface area (Å²) in [4.78, 5) is 16.0. The lowest BCUT2D eigenvalue weighted by Crippen LogP contribution is -2.17. The maximum atomic E-state index is 11.7. The highest BCUT2D eigenvalue weighted by molar-refractivity contribution is 9.10. The topological polar surface area (TPSA) is 46.4 Å². The monoisotopic (exact) mass is 329 g/mol. The number of aromatic nitrogens is 2. The third-order valence-corrected chi connectivity index (χ3v) is 3.74. The fourth-order valence-electron chi connectivity index (χ4n) is 2.11. The summed E-state index contributed by atoms with van der Waals surface area (Å²) >= 11 is 3.44. The largest absolute Gasteiger partial charge is 0.355 e. The second kappa shape index (κ2) is 5.09. The van der Waals surface area contributed by atoms with Crippen molar-refractivity contribution in [2.45, 2.75) is 0 Å². The SMILES string of the molecule is CNC(=O)c1cccc(-c2ccn3c(Br)cnc3c2)c1. The fraction of sp³-hybridized carbons (Fsp3) is 0.0667. The van der Waals surface area contributed by atoms with E-state index in [4.69, 9.17) is 0 Å². The number of halogens is 1. The molecule has 0 saturated carbocycles. The van der Waals surface area contributed by atoms with E-state index in [0.717, 1.165) is 21.4 Å². The Morgan fingerprint density at radius 3 is 2.85 bits per heavy atom. The highest BCUT2D eigenvalue weighted by Crippen LogP contribution is 2.23. The van der Waals surface area contributed by atoms with E-state index in [9.17, 15) is 4.79 Å². The summed E-state index contributed by atoms with van der Waals surface area (Å²) in [5, 5.41) is 2.63. The fourth-order valence-corrected chi connectivity index (χ4v) is 2.52. The summed E-state index contributed by atoms with van der Waals surface area (Å²) in [5.41, 5.74) is 3.53. The summed E-state index contributed by atoms with van der Waals surface area (Å²) in [5.74, 6) is -0.0866. The number of hydrogen-bond donors (Lipinski definition) is 1. The van der Waals surface area contributed by atoms with Crippen LogP contribution in [0.4, 0.5) is 0 Å². The van der Waals surface area contributed by atoms with Crippen LogP contribution in [-0.4, -0.2) is 22.3 Å². The molecular formula is C15H12BrN3O. The molecule has 0 aliphatic carbocycles. The molecule has 1 aromatic carbocycles. The van der Waals surface area contributed by atoms with Crippen molar-refractivity contribution in [1.82, 2.24) is 14.7 Å². The van der Waals surface area contributed by atoms with Gasteiger partial charge in [-0.05, 0) is 51.3 Å². The van der Waals surface area contributed by atoms with Gasteiger partial charge in [0.2, 0.25) is 0 Å². The van der Waals surface area contributed by atoms with Gasteiger partial charge in [0, 0.05) is 18.8 Å². The van der Waals surface area contributed by atoms with Crippen molar-refractivity contribution in [3.8, 4) is 11.1 Å². The Morgan fingerprint density at radius 2 is 2.05 bits per heavy atom. The molecular weight excluding hydrogens is 318 g/mol. The van der Waals surface area contributed by atoms with Crippen LogP contribution in [0.3, 0.4) is 0 Å². The van der Waals surface area contributed by atoms with Gasteiger partial charge in [0.05, 0.1) is 6.20 Å².